The van der Waals surface area contributed by atoms with Crippen molar-refractivity contribution in [3.05, 3.63) is 0 Å². The second-order valence-corrected chi connectivity index (χ2v) is 3.98. The van der Waals surface area contributed by atoms with Gasteiger partial charge in [0.05, 0.1) is 13.0 Å². The number of carboxylic acid groups (broad SMARTS) is 1. The molecule has 0 heterocycles. The lowest BCUT2D eigenvalue weighted by Gasteiger charge is -2.26. The summed E-state index contributed by atoms with van der Waals surface area (Å²) in [6.45, 7) is 2.70. The van der Waals surface area contributed by atoms with Gasteiger partial charge < -0.3 is 20.6 Å². The van der Waals surface area contributed by atoms with E-state index in [0.29, 0.717) is 0 Å². The topological polar surface area (TPSA) is 107 Å². The zero-order valence-corrected chi connectivity index (χ0v) is 8.86. The summed E-state index contributed by atoms with van der Waals surface area (Å²) in [7, 11) is 0. The molecule has 0 aliphatic heterocycles. The summed E-state index contributed by atoms with van der Waals surface area (Å²) in [6, 6.07) is 0. The number of nitrogens with one attached hydrogen (secondary N) is 1. The minimum atomic E-state index is -1.35. The second kappa shape index (κ2) is 5.67. The molecule has 6 heteroatoms. The molecule has 0 saturated carbocycles. The van der Waals surface area contributed by atoms with E-state index in [2.05, 4.69) is 5.32 Å². The molecule has 6 nitrogen and oxygen atoms in total. The number of aliphatic carboxylic acids is 1. The maximum atomic E-state index is 11.3. The van der Waals surface area contributed by atoms with Gasteiger partial charge in [0.25, 0.3) is 0 Å². The summed E-state index contributed by atoms with van der Waals surface area (Å²) in [4.78, 5) is 21.4. The van der Waals surface area contributed by atoms with Gasteiger partial charge in [0.2, 0.25) is 5.91 Å². The van der Waals surface area contributed by atoms with Gasteiger partial charge >= 0.3 is 5.97 Å². The van der Waals surface area contributed by atoms with Crippen LogP contribution in [0.25, 0.3) is 0 Å². The molecule has 0 aromatic carbocycles. The highest BCUT2D eigenvalue weighted by atomic mass is 16.4. The van der Waals surface area contributed by atoms with Crippen molar-refractivity contribution in [2.75, 3.05) is 13.2 Å². The first-order valence-corrected chi connectivity index (χ1v) is 4.59. The van der Waals surface area contributed by atoms with E-state index in [4.69, 9.17) is 10.2 Å². The van der Waals surface area contributed by atoms with Gasteiger partial charge in [-0.2, -0.15) is 0 Å². The van der Waals surface area contributed by atoms with E-state index >= 15 is 0 Å². The number of aliphatic hydroxyl groups is 2. The molecule has 0 spiro atoms. The first-order chi connectivity index (χ1) is 6.81. The average molecular weight is 219 g/mol. The molecule has 0 unspecified atom stereocenters. The fourth-order valence-electron chi connectivity index (χ4n) is 0.831. The van der Waals surface area contributed by atoms with E-state index < -0.39 is 23.4 Å². The number of amides is 1. The highest BCUT2D eigenvalue weighted by Crippen LogP contribution is 2.19. The molecule has 88 valence electrons. The van der Waals surface area contributed by atoms with Crippen molar-refractivity contribution in [3.63, 3.8) is 0 Å². The number of hydrogen-bond donors (Lipinski definition) is 4. The molecule has 0 aromatic heterocycles. The summed E-state index contributed by atoms with van der Waals surface area (Å²) in [6.07, 6.45) is -1.55. The third kappa shape index (κ3) is 4.75. The molecule has 0 aliphatic carbocycles. The van der Waals surface area contributed by atoms with Crippen LogP contribution in [0.5, 0.6) is 0 Å². The molecule has 0 radical (unpaired) electrons. The maximum absolute atomic E-state index is 11.3. The van der Waals surface area contributed by atoms with Gasteiger partial charge in [0.15, 0.2) is 0 Å². The fraction of sp³-hybridized carbons (Fsp3) is 0.778. The molecule has 1 amide bonds. The smallest absolute Gasteiger partial charge is 0.305 e. The Labute approximate surface area is 87.9 Å². The number of carbonyl (C=O) groups is 2. The van der Waals surface area contributed by atoms with Crippen LogP contribution in [-0.4, -0.2) is 46.5 Å². The van der Waals surface area contributed by atoms with E-state index in [9.17, 15) is 14.7 Å². The standard InChI is InChI=1S/C9H17NO5/c1-9(2,5-11)7(14)8(15)10-4-3-6(12)13/h7,11,14H,3-5H2,1-2H3,(H,10,15)(H,12,13)/t7-/m1/s1. The van der Waals surface area contributed by atoms with Crippen molar-refractivity contribution in [1.29, 1.82) is 0 Å². The van der Waals surface area contributed by atoms with Crippen LogP contribution in [0.2, 0.25) is 0 Å². The van der Waals surface area contributed by atoms with Gasteiger partial charge in [0, 0.05) is 12.0 Å². The first kappa shape index (κ1) is 13.9. The van der Waals surface area contributed by atoms with Crippen molar-refractivity contribution in [1.82, 2.24) is 5.32 Å². The van der Waals surface area contributed by atoms with Gasteiger partial charge in [-0.25, -0.2) is 0 Å². The number of carboxylic acids is 1. The molecule has 15 heavy (non-hydrogen) atoms. The predicted molar refractivity (Wildman–Crippen MR) is 52.1 cm³/mol. The minimum absolute atomic E-state index is 0.0350. The fourth-order valence-corrected chi connectivity index (χ4v) is 0.831. The van der Waals surface area contributed by atoms with Crippen molar-refractivity contribution >= 4 is 11.9 Å². The SMILES string of the molecule is CC(C)(CO)[C@H](O)C(=O)NCCC(=O)O. The molecule has 0 aliphatic rings. The summed E-state index contributed by atoms with van der Waals surface area (Å²) < 4.78 is 0. The third-order valence-electron chi connectivity index (χ3n) is 2.03. The molecule has 0 fully saturated rings. The lowest BCUT2D eigenvalue weighted by Crippen LogP contribution is -2.45. The van der Waals surface area contributed by atoms with E-state index in [1.54, 1.807) is 0 Å². The Hall–Kier alpha value is -1.14. The average Bonchev–Trinajstić information content (AvgIpc) is 2.15. The summed E-state index contributed by atoms with van der Waals surface area (Å²) in [5, 5.41) is 29.0. The van der Waals surface area contributed by atoms with Crippen LogP contribution in [0.4, 0.5) is 0 Å². The monoisotopic (exact) mass is 219 g/mol. The zero-order valence-electron chi connectivity index (χ0n) is 8.86. The van der Waals surface area contributed by atoms with Gasteiger partial charge in [-0.15, -0.1) is 0 Å². The summed E-state index contributed by atoms with van der Waals surface area (Å²) in [5.41, 5.74) is -0.937. The molecule has 0 saturated heterocycles. The Morgan fingerprint density at radius 2 is 1.93 bits per heavy atom. The minimum Gasteiger partial charge on any atom is -0.481 e. The molecule has 0 rings (SSSR count). The van der Waals surface area contributed by atoms with Crippen LogP contribution in [0, 0.1) is 5.41 Å². The number of carbonyl (C=O) groups excluding carboxylic acids is 1. The molecule has 4 N–H and O–H groups in total. The highest BCUT2D eigenvalue weighted by Gasteiger charge is 2.32. The quantitative estimate of drug-likeness (QED) is 0.456. The molecular weight excluding hydrogens is 202 g/mol. The van der Waals surface area contributed by atoms with Crippen LogP contribution in [-0.2, 0) is 9.59 Å². The van der Waals surface area contributed by atoms with E-state index in [1.165, 1.54) is 13.8 Å². The van der Waals surface area contributed by atoms with E-state index in [1.807, 2.05) is 0 Å². The Balaban J connectivity index is 4.05. The van der Waals surface area contributed by atoms with Crippen LogP contribution in [0.1, 0.15) is 20.3 Å². The van der Waals surface area contributed by atoms with Crippen molar-refractivity contribution in [3.8, 4) is 0 Å². The van der Waals surface area contributed by atoms with Crippen molar-refractivity contribution < 1.29 is 24.9 Å². The molecular formula is C9H17NO5. The predicted octanol–water partition coefficient (Wildman–Crippen LogP) is -1.04. The van der Waals surface area contributed by atoms with Crippen LogP contribution in [0.3, 0.4) is 0 Å². The molecule has 0 bridgehead atoms. The molecule has 1 atom stereocenters. The maximum Gasteiger partial charge on any atom is 0.305 e. The van der Waals surface area contributed by atoms with Gasteiger partial charge in [-0.3, -0.25) is 9.59 Å². The van der Waals surface area contributed by atoms with Gasteiger partial charge in [-0.05, 0) is 0 Å². The Morgan fingerprint density at radius 3 is 2.33 bits per heavy atom. The number of hydrogen-bond acceptors (Lipinski definition) is 4. The van der Waals surface area contributed by atoms with Crippen LogP contribution >= 0.6 is 0 Å². The zero-order chi connectivity index (χ0) is 12.1. The molecule has 0 aromatic rings. The van der Waals surface area contributed by atoms with Crippen LogP contribution < -0.4 is 5.32 Å². The van der Waals surface area contributed by atoms with E-state index in [0.717, 1.165) is 0 Å². The lowest BCUT2D eigenvalue weighted by atomic mass is 9.87. The Bertz CT molecular complexity index is 239. The largest absolute Gasteiger partial charge is 0.481 e. The number of rotatable bonds is 6. The third-order valence-corrected chi connectivity index (χ3v) is 2.03. The van der Waals surface area contributed by atoms with Gasteiger partial charge in [0.1, 0.15) is 6.10 Å². The Kier molecular flexibility index (Phi) is 5.24. The second-order valence-electron chi connectivity index (χ2n) is 3.98. The first-order valence-electron chi connectivity index (χ1n) is 4.59. The van der Waals surface area contributed by atoms with E-state index in [-0.39, 0.29) is 19.6 Å². The summed E-state index contributed by atoms with van der Waals surface area (Å²) >= 11 is 0. The Morgan fingerprint density at radius 1 is 1.40 bits per heavy atom. The lowest BCUT2D eigenvalue weighted by molar-refractivity contribution is -0.138. The van der Waals surface area contributed by atoms with Gasteiger partial charge in [-0.1, -0.05) is 13.8 Å². The van der Waals surface area contributed by atoms with Crippen molar-refractivity contribution in [2.45, 2.75) is 26.4 Å². The summed E-state index contributed by atoms with van der Waals surface area (Å²) in [5.74, 6) is -1.69. The number of aliphatic hydroxyl groups excluding tert-OH is 2. The van der Waals surface area contributed by atoms with Crippen LogP contribution in [0.15, 0.2) is 0 Å². The highest BCUT2D eigenvalue weighted by molar-refractivity contribution is 5.81. The van der Waals surface area contributed by atoms with Crippen molar-refractivity contribution in [2.24, 2.45) is 5.41 Å². The normalized spacial score (nSPS) is 13.3.